The van der Waals surface area contributed by atoms with Crippen molar-refractivity contribution in [1.82, 2.24) is 4.90 Å². The lowest BCUT2D eigenvalue weighted by Crippen LogP contribution is -2.39. The molecule has 1 saturated heterocycles. The molecule has 1 aliphatic rings. The number of allylic oxidation sites excluding steroid dienone is 1. The van der Waals surface area contributed by atoms with E-state index in [0.717, 1.165) is 0 Å². The zero-order chi connectivity index (χ0) is 14.5. The summed E-state index contributed by atoms with van der Waals surface area (Å²) >= 11 is 0. The lowest BCUT2D eigenvalue weighted by Gasteiger charge is -2.19. The van der Waals surface area contributed by atoms with Crippen LogP contribution in [0.3, 0.4) is 0 Å². The van der Waals surface area contributed by atoms with Crippen molar-refractivity contribution in [3.63, 3.8) is 0 Å². The van der Waals surface area contributed by atoms with Crippen LogP contribution in [0.25, 0.3) is 0 Å². The molecule has 1 aromatic heterocycles. The molecular weight excluding hydrogens is 262 g/mol. The monoisotopic (exact) mass is 277 g/mol. The third-order valence-electron chi connectivity index (χ3n) is 3.18. The first-order valence-electron chi connectivity index (χ1n) is 6.36. The summed E-state index contributed by atoms with van der Waals surface area (Å²) in [6.07, 6.45) is 5.29. The topological polar surface area (TPSA) is 87.8 Å². The second-order valence-electron chi connectivity index (χ2n) is 4.53. The van der Waals surface area contributed by atoms with Gasteiger partial charge in [0, 0.05) is 13.0 Å². The van der Waals surface area contributed by atoms with Crippen molar-refractivity contribution in [2.75, 3.05) is 6.54 Å². The Morgan fingerprint density at radius 2 is 2.25 bits per heavy atom. The lowest BCUT2D eigenvalue weighted by atomic mass is 10.2. The highest BCUT2D eigenvalue weighted by Crippen LogP contribution is 2.17. The maximum absolute atomic E-state index is 11.9. The van der Waals surface area contributed by atoms with Gasteiger partial charge in [-0.05, 0) is 31.1 Å². The first kappa shape index (κ1) is 14.0. The van der Waals surface area contributed by atoms with E-state index in [1.54, 1.807) is 12.1 Å². The molecule has 20 heavy (non-hydrogen) atoms. The van der Waals surface area contributed by atoms with E-state index < -0.39 is 12.0 Å². The van der Waals surface area contributed by atoms with Crippen LogP contribution in [0.2, 0.25) is 0 Å². The number of ketones is 1. The lowest BCUT2D eigenvalue weighted by molar-refractivity contribution is -0.146. The highest BCUT2D eigenvalue weighted by atomic mass is 16.4. The van der Waals surface area contributed by atoms with E-state index >= 15 is 0 Å². The second kappa shape index (κ2) is 6.18. The molecule has 106 valence electrons. The van der Waals surface area contributed by atoms with Crippen LogP contribution in [-0.4, -0.2) is 40.3 Å². The van der Waals surface area contributed by atoms with E-state index in [2.05, 4.69) is 0 Å². The van der Waals surface area contributed by atoms with Crippen LogP contribution in [0, 0.1) is 0 Å². The summed E-state index contributed by atoms with van der Waals surface area (Å²) in [4.78, 5) is 35.8. The van der Waals surface area contributed by atoms with Gasteiger partial charge in [0.2, 0.25) is 11.7 Å². The zero-order valence-corrected chi connectivity index (χ0v) is 10.8. The first-order chi connectivity index (χ1) is 9.59. The number of amides is 1. The van der Waals surface area contributed by atoms with Crippen LogP contribution < -0.4 is 0 Å². The van der Waals surface area contributed by atoms with Gasteiger partial charge in [-0.3, -0.25) is 9.59 Å². The van der Waals surface area contributed by atoms with Gasteiger partial charge in [0.25, 0.3) is 0 Å². The number of nitrogens with zero attached hydrogens (tertiary/aromatic N) is 1. The Balaban J connectivity index is 1.89. The number of rotatable bonds is 5. The Hall–Kier alpha value is -2.37. The van der Waals surface area contributed by atoms with Gasteiger partial charge >= 0.3 is 5.97 Å². The molecule has 0 aliphatic carbocycles. The van der Waals surface area contributed by atoms with E-state index in [0.29, 0.717) is 19.4 Å². The number of hydrogen-bond acceptors (Lipinski definition) is 4. The molecule has 0 spiro atoms. The van der Waals surface area contributed by atoms with Gasteiger partial charge in [0.15, 0.2) is 5.76 Å². The predicted octanol–water partition coefficient (Wildman–Crippen LogP) is 1.48. The number of likely N-dealkylation sites (tertiary alicyclic amines) is 1. The third kappa shape index (κ3) is 3.14. The molecule has 1 amide bonds. The average Bonchev–Trinajstić information content (AvgIpc) is 3.09. The molecule has 6 heteroatoms. The summed E-state index contributed by atoms with van der Waals surface area (Å²) in [5, 5.41) is 8.99. The van der Waals surface area contributed by atoms with Crippen LogP contribution in [0.4, 0.5) is 0 Å². The molecule has 0 saturated carbocycles. The third-order valence-corrected chi connectivity index (χ3v) is 3.18. The minimum absolute atomic E-state index is 0.0465. The molecular formula is C14H15NO5. The minimum Gasteiger partial charge on any atom is -0.480 e. The SMILES string of the molecule is O=C(C/C=C/C(=O)N1CCC[C@H]1C(=O)O)c1ccco1. The zero-order valence-electron chi connectivity index (χ0n) is 10.8. The summed E-state index contributed by atoms with van der Waals surface area (Å²) in [5.41, 5.74) is 0. The molecule has 0 bridgehead atoms. The fraction of sp³-hybridized carbons (Fsp3) is 0.357. The predicted molar refractivity (Wildman–Crippen MR) is 69.2 cm³/mol. The van der Waals surface area contributed by atoms with Gasteiger partial charge in [-0.2, -0.15) is 0 Å². The van der Waals surface area contributed by atoms with Crippen molar-refractivity contribution in [2.24, 2.45) is 0 Å². The Bertz CT molecular complexity index is 532. The van der Waals surface area contributed by atoms with Gasteiger partial charge in [-0.1, -0.05) is 6.08 Å². The normalized spacial score (nSPS) is 18.6. The average molecular weight is 277 g/mol. The minimum atomic E-state index is -0.990. The number of hydrogen-bond donors (Lipinski definition) is 1. The number of carboxylic acid groups (broad SMARTS) is 1. The van der Waals surface area contributed by atoms with Crippen molar-refractivity contribution >= 4 is 17.7 Å². The Morgan fingerprint density at radius 1 is 1.45 bits per heavy atom. The van der Waals surface area contributed by atoms with Crippen LogP contribution in [0.1, 0.15) is 29.8 Å². The first-order valence-corrected chi connectivity index (χ1v) is 6.36. The van der Waals surface area contributed by atoms with Crippen LogP contribution in [-0.2, 0) is 9.59 Å². The van der Waals surface area contributed by atoms with Gasteiger partial charge in [-0.25, -0.2) is 4.79 Å². The number of carboxylic acids is 1. The van der Waals surface area contributed by atoms with Crippen molar-refractivity contribution < 1.29 is 23.9 Å². The Labute approximate surface area is 115 Å². The van der Waals surface area contributed by atoms with Gasteiger partial charge in [0.1, 0.15) is 6.04 Å². The van der Waals surface area contributed by atoms with Crippen LogP contribution in [0.5, 0.6) is 0 Å². The van der Waals surface area contributed by atoms with E-state index in [4.69, 9.17) is 9.52 Å². The maximum atomic E-state index is 11.9. The van der Waals surface area contributed by atoms with Gasteiger partial charge in [-0.15, -0.1) is 0 Å². The molecule has 1 fully saturated rings. The number of furan rings is 1. The standard InChI is InChI=1S/C14H15NO5/c16-11(12-6-3-9-20-12)5-1-7-13(17)15-8-2-4-10(15)14(18)19/h1,3,6-7,9-10H,2,4-5,8H2,(H,18,19)/b7-1+/t10-/m0/s1. The van der Waals surface area contributed by atoms with Crippen molar-refractivity contribution in [3.8, 4) is 0 Å². The van der Waals surface area contributed by atoms with Crippen molar-refractivity contribution in [3.05, 3.63) is 36.3 Å². The molecule has 1 aromatic rings. The number of Topliss-reactive ketones (excluding diaryl/α,β-unsaturated/α-hetero) is 1. The quantitative estimate of drug-likeness (QED) is 0.650. The van der Waals surface area contributed by atoms with E-state index in [1.807, 2.05) is 0 Å². The van der Waals surface area contributed by atoms with Crippen molar-refractivity contribution in [1.29, 1.82) is 0 Å². The highest BCUT2D eigenvalue weighted by Gasteiger charge is 2.32. The molecule has 1 aliphatic heterocycles. The summed E-state index contributed by atoms with van der Waals surface area (Å²) in [5.74, 6) is -1.35. The Kier molecular flexibility index (Phi) is 4.34. The fourth-order valence-electron chi connectivity index (χ4n) is 2.19. The smallest absolute Gasteiger partial charge is 0.326 e. The molecule has 1 N–H and O–H groups in total. The maximum Gasteiger partial charge on any atom is 0.326 e. The largest absolute Gasteiger partial charge is 0.480 e. The van der Waals surface area contributed by atoms with E-state index in [-0.39, 0.29) is 23.9 Å². The molecule has 0 aromatic carbocycles. The van der Waals surface area contributed by atoms with Crippen LogP contribution in [0.15, 0.2) is 35.0 Å². The second-order valence-corrected chi connectivity index (χ2v) is 4.53. The summed E-state index contributed by atoms with van der Waals surface area (Å²) < 4.78 is 4.94. The highest BCUT2D eigenvalue weighted by molar-refractivity contribution is 5.96. The number of carbonyl (C=O) groups is 3. The van der Waals surface area contributed by atoms with Crippen molar-refractivity contribution in [2.45, 2.75) is 25.3 Å². The molecule has 1 atom stereocenters. The summed E-state index contributed by atoms with van der Waals surface area (Å²) in [6.45, 7) is 0.437. The number of aliphatic carboxylic acids is 1. The van der Waals surface area contributed by atoms with Gasteiger partial charge in [0.05, 0.1) is 6.26 Å². The van der Waals surface area contributed by atoms with Gasteiger partial charge < -0.3 is 14.4 Å². The Morgan fingerprint density at radius 3 is 2.90 bits per heavy atom. The van der Waals surface area contributed by atoms with Crippen LogP contribution >= 0.6 is 0 Å². The van der Waals surface area contributed by atoms with E-state index in [1.165, 1.54) is 23.3 Å². The van der Waals surface area contributed by atoms with E-state index in [9.17, 15) is 14.4 Å². The summed E-state index contributed by atoms with van der Waals surface area (Å²) in [7, 11) is 0. The number of carbonyl (C=O) groups excluding carboxylic acids is 2. The molecule has 2 heterocycles. The fourth-order valence-corrected chi connectivity index (χ4v) is 2.19. The molecule has 0 radical (unpaired) electrons. The summed E-state index contributed by atoms with van der Waals surface area (Å²) in [6, 6.07) is 2.41. The molecule has 0 unspecified atom stereocenters. The molecule has 6 nitrogen and oxygen atoms in total. The molecule has 2 rings (SSSR count).